The summed E-state index contributed by atoms with van der Waals surface area (Å²) in [7, 11) is 0. The Morgan fingerprint density at radius 1 is 1.45 bits per heavy atom. The Balaban J connectivity index is 2.37. The van der Waals surface area contributed by atoms with Crippen LogP contribution >= 0.6 is 0 Å². The van der Waals surface area contributed by atoms with E-state index >= 15 is 0 Å². The fraction of sp³-hybridized carbons (Fsp3) is 0.667. The van der Waals surface area contributed by atoms with Crippen LogP contribution in [0.15, 0.2) is 6.20 Å². The minimum atomic E-state index is -0.991. The first-order valence-electron chi connectivity index (χ1n) is 6.57. The Morgan fingerprint density at radius 3 is 2.75 bits per heavy atom. The molecule has 1 aromatic rings. The van der Waals surface area contributed by atoms with Gasteiger partial charge >= 0.3 is 12.0 Å². The van der Waals surface area contributed by atoms with Crippen LogP contribution in [0.25, 0.3) is 0 Å². The van der Waals surface area contributed by atoms with Gasteiger partial charge in [-0.3, -0.25) is 4.79 Å². The first-order chi connectivity index (χ1) is 9.42. The average molecular weight is 283 g/mol. The number of carboxylic acid groups (broad SMARTS) is 1. The molecule has 0 fully saturated rings. The Kier molecular flexibility index (Phi) is 5.95. The van der Waals surface area contributed by atoms with Gasteiger partial charge in [0.2, 0.25) is 0 Å². The van der Waals surface area contributed by atoms with Crippen molar-refractivity contribution in [1.82, 2.24) is 25.6 Å². The van der Waals surface area contributed by atoms with Crippen LogP contribution in [0, 0.1) is 5.92 Å². The zero-order valence-corrected chi connectivity index (χ0v) is 12.0. The highest BCUT2D eigenvalue weighted by atomic mass is 16.4. The second kappa shape index (κ2) is 7.46. The molecule has 0 radical (unpaired) electrons. The lowest BCUT2D eigenvalue weighted by molar-refractivity contribution is -0.137. The number of amides is 2. The van der Waals surface area contributed by atoms with Crippen molar-refractivity contribution in [2.24, 2.45) is 5.92 Å². The minimum Gasteiger partial charge on any atom is -0.480 e. The smallest absolute Gasteiger partial charge is 0.325 e. The number of nitrogens with zero attached hydrogens (tertiary/aromatic N) is 3. The summed E-state index contributed by atoms with van der Waals surface area (Å²) in [5.74, 6) is -0.591. The van der Waals surface area contributed by atoms with Gasteiger partial charge in [0.05, 0.1) is 12.7 Å². The molecule has 0 saturated carbocycles. The van der Waals surface area contributed by atoms with Crippen LogP contribution in [0.5, 0.6) is 0 Å². The molecule has 0 aliphatic heterocycles. The summed E-state index contributed by atoms with van der Waals surface area (Å²) in [6.45, 7) is 6.06. The van der Waals surface area contributed by atoms with Crippen LogP contribution < -0.4 is 10.6 Å². The Hall–Kier alpha value is -2.12. The molecule has 20 heavy (non-hydrogen) atoms. The number of hydrogen-bond acceptors (Lipinski definition) is 4. The standard InChI is InChI=1S/C12H21N5O3/c1-4-8(2)9(3)14-12(20)13-5-10-6-17(16-15-10)7-11(18)19/h6,8-9H,4-5,7H2,1-3H3,(H,18,19)(H2,13,14,20). The van der Waals surface area contributed by atoms with Crippen molar-refractivity contribution < 1.29 is 14.7 Å². The molecule has 2 amide bonds. The van der Waals surface area contributed by atoms with Crippen molar-refractivity contribution in [3.63, 3.8) is 0 Å². The summed E-state index contributed by atoms with van der Waals surface area (Å²) in [5, 5.41) is 21.5. The second-order valence-electron chi connectivity index (χ2n) is 4.80. The number of aromatic nitrogens is 3. The van der Waals surface area contributed by atoms with Gasteiger partial charge in [0.1, 0.15) is 12.2 Å². The van der Waals surface area contributed by atoms with Crippen molar-refractivity contribution in [2.45, 2.75) is 46.3 Å². The van der Waals surface area contributed by atoms with Gasteiger partial charge in [-0.2, -0.15) is 0 Å². The molecule has 1 heterocycles. The Bertz CT molecular complexity index is 460. The molecule has 1 rings (SSSR count). The van der Waals surface area contributed by atoms with E-state index in [1.165, 1.54) is 10.9 Å². The van der Waals surface area contributed by atoms with Crippen LogP contribution in [0.3, 0.4) is 0 Å². The number of rotatable bonds is 7. The molecule has 8 nitrogen and oxygen atoms in total. The Labute approximate surface area is 117 Å². The van der Waals surface area contributed by atoms with Crippen LogP contribution in [-0.2, 0) is 17.9 Å². The molecule has 2 atom stereocenters. The number of aliphatic carboxylic acids is 1. The molecule has 0 aromatic carbocycles. The molecule has 0 aliphatic carbocycles. The molecular formula is C12H21N5O3. The highest BCUT2D eigenvalue weighted by Crippen LogP contribution is 2.06. The predicted molar refractivity (Wildman–Crippen MR) is 71.9 cm³/mol. The molecule has 0 spiro atoms. The highest BCUT2D eigenvalue weighted by Gasteiger charge is 2.13. The third-order valence-corrected chi connectivity index (χ3v) is 3.17. The largest absolute Gasteiger partial charge is 0.480 e. The van der Waals surface area contributed by atoms with Crippen molar-refractivity contribution >= 4 is 12.0 Å². The lowest BCUT2D eigenvalue weighted by atomic mass is 10.0. The third kappa shape index (κ3) is 5.25. The molecule has 0 saturated heterocycles. The zero-order chi connectivity index (χ0) is 15.1. The lowest BCUT2D eigenvalue weighted by Crippen LogP contribution is -2.43. The predicted octanol–water partition coefficient (Wildman–Crippen LogP) is 0.596. The van der Waals surface area contributed by atoms with Crippen molar-refractivity contribution in [1.29, 1.82) is 0 Å². The molecular weight excluding hydrogens is 262 g/mol. The van der Waals surface area contributed by atoms with Gasteiger partial charge in [-0.15, -0.1) is 5.10 Å². The van der Waals surface area contributed by atoms with Crippen LogP contribution in [0.2, 0.25) is 0 Å². The molecule has 112 valence electrons. The van der Waals surface area contributed by atoms with Crippen LogP contribution in [0.1, 0.15) is 32.9 Å². The summed E-state index contributed by atoms with van der Waals surface area (Å²) in [4.78, 5) is 22.1. The van der Waals surface area contributed by atoms with E-state index in [9.17, 15) is 9.59 Å². The average Bonchev–Trinajstić information content (AvgIpc) is 2.82. The fourth-order valence-corrected chi connectivity index (χ4v) is 1.56. The summed E-state index contributed by atoms with van der Waals surface area (Å²) < 4.78 is 1.21. The van der Waals surface area contributed by atoms with E-state index in [0.717, 1.165) is 6.42 Å². The maximum atomic E-state index is 11.7. The molecule has 1 aromatic heterocycles. The van der Waals surface area contributed by atoms with Gasteiger partial charge < -0.3 is 15.7 Å². The SMILES string of the molecule is CCC(C)C(C)NC(=O)NCc1cn(CC(=O)O)nn1. The first kappa shape index (κ1) is 15.9. The van der Waals surface area contributed by atoms with E-state index in [0.29, 0.717) is 11.6 Å². The van der Waals surface area contributed by atoms with Crippen LogP contribution in [0.4, 0.5) is 4.79 Å². The van der Waals surface area contributed by atoms with Crippen molar-refractivity contribution in [2.75, 3.05) is 0 Å². The quantitative estimate of drug-likeness (QED) is 0.678. The maximum Gasteiger partial charge on any atom is 0.325 e. The van der Waals surface area contributed by atoms with E-state index in [1.54, 1.807) is 0 Å². The number of carbonyl (C=O) groups is 2. The van der Waals surface area contributed by atoms with Gasteiger partial charge in [0, 0.05) is 6.04 Å². The minimum absolute atomic E-state index is 0.0858. The fourth-order valence-electron chi connectivity index (χ4n) is 1.56. The third-order valence-electron chi connectivity index (χ3n) is 3.17. The monoisotopic (exact) mass is 283 g/mol. The summed E-state index contributed by atoms with van der Waals surface area (Å²) in [6.07, 6.45) is 2.48. The normalized spacial score (nSPS) is 13.6. The van der Waals surface area contributed by atoms with Gasteiger partial charge in [0.25, 0.3) is 0 Å². The van der Waals surface area contributed by atoms with E-state index in [4.69, 9.17) is 5.11 Å². The molecule has 2 unspecified atom stereocenters. The van der Waals surface area contributed by atoms with E-state index < -0.39 is 5.97 Å². The highest BCUT2D eigenvalue weighted by molar-refractivity contribution is 5.74. The number of carbonyl (C=O) groups excluding carboxylic acids is 1. The number of carboxylic acids is 1. The number of nitrogens with one attached hydrogen (secondary N) is 2. The van der Waals surface area contributed by atoms with Gasteiger partial charge in [0.15, 0.2) is 0 Å². The topological polar surface area (TPSA) is 109 Å². The van der Waals surface area contributed by atoms with Gasteiger partial charge in [-0.05, 0) is 12.8 Å². The first-order valence-corrected chi connectivity index (χ1v) is 6.57. The second-order valence-corrected chi connectivity index (χ2v) is 4.80. The summed E-state index contributed by atoms with van der Waals surface area (Å²) >= 11 is 0. The molecule has 0 aliphatic rings. The maximum absolute atomic E-state index is 11.7. The van der Waals surface area contributed by atoms with E-state index in [2.05, 4.69) is 34.8 Å². The summed E-state index contributed by atoms with van der Waals surface area (Å²) in [5.41, 5.74) is 0.512. The van der Waals surface area contributed by atoms with Crippen LogP contribution in [-0.4, -0.2) is 38.1 Å². The molecule has 3 N–H and O–H groups in total. The van der Waals surface area contributed by atoms with E-state index in [1.807, 2.05) is 6.92 Å². The van der Waals surface area contributed by atoms with Gasteiger partial charge in [-0.25, -0.2) is 9.48 Å². The molecule has 0 bridgehead atoms. The van der Waals surface area contributed by atoms with Crippen molar-refractivity contribution in [3.05, 3.63) is 11.9 Å². The number of urea groups is 1. The summed E-state index contributed by atoms with van der Waals surface area (Å²) in [6, 6.07) is -0.187. The zero-order valence-electron chi connectivity index (χ0n) is 12.0. The number of hydrogen-bond donors (Lipinski definition) is 3. The Morgan fingerprint density at radius 2 is 2.15 bits per heavy atom. The van der Waals surface area contributed by atoms with E-state index in [-0.39, 0.29) is 25.2 Å². The lowest BCUT2D eigenvalue weighted by Gasteiger charge is -2.19. The van der Waals surface area contributed by atoms with Gasteiger partial charge in [-0.1, -0.05) is 25.5 Å². The molecule has 8 heteroatoms. The van der Waals surface area contributed by atoms with Crippen molar-refractivity contribution in [3.8, 4) is 0 Å².